The highest BCUT2D eigenvalue weighted by Gasteiger charge is 2.24. The second kappa shape index (κ2) is 2.75. The molecule has 1 heteroatoms. The summed E-state index contributed by atoms with van der Waals surface area (Å²) in [5.74, 6) is 0.991. The first kappa shape index (κ1) is 6.41. The van der Waals surface area contributed by atoms with Gasteiger partial charge in [0, 0.05) is 12.6 Å². The predicted octanol–water partition coefficient (Wildman–Crippen LogP) is 1.70. The van der Waals surface area contributed by atoms with Crippen molar-refractivity contribution in [2.24, 2.45) is 5.92 Å². The molecule has 0 radical (unpaired) electrons. The fraction of sp³-hybridized carbons (Fsp3) is 0.778. The van der Waals surface area contributed by atoms with Gasteiger partial charge in [0.05, 0.1) is 0 Å². The summed E-state index contributed by atoms with van der Waals surface area (Å²) >= 11 is 0. The van der Waals surface area contributed by atoms with E-state index in [2.05, 4.69) is 17.5 Å². The molecule has 0 amide bonds. The number of allylic oxidation sites excluding steroid dienone is 2. The Kier molecular flexibility index (Phi) is 1.76. The first-order valence-corrected chi connectivity index (χ1v) is 4.33. The van der Waals surface area contributed by atoms with Crippen molar-refractivity contribution in [3.63, 3.8) is 0 Å². The van der Waals surface area contributed by atoms with Crippen LogP contribution in [-0.2, 0) is 0 Å². The Labute approximate surface area is 62.5 Å². The lowest BCUT2D eigenvalue weighted by Crippen LogP contribution is -2.06. The average molecular weight is 137 g/mol. The molecule has 2 rings (SSSR count). The van der Waals surface area contributed by atoms with Gasteiger partial charge in [0.25, 0.3) is 0 Å². The Morgan fingerprint density at radius 3 is 2.90 bits per heavy atom. The molecule has 2 atom stereocenters. The summed E-state index contributed by atoms with van der Waals surface area (Å²) in [7, 11) is 0. The van der Waals surface area contributed by atoms with Gasteiger partial charge in [-0.3, -0.25) is 0 Å². The van der Waals surface area contributed by atoms with E-state index in [1.54, 1.807) is 0 Å². The van der Waals surface area contributed by atoms with Crippen molar-refractivity contribution in [3.05, 3.63) is 12.2 Å². The van der Waals surface area contributed by atoms with Gasteiger partial charge in [0.15, 0.2) is 0 Å². The van der Waals surface area contributed by atoms with Crippen LogP contribution in [0.25, 0.3) is 0 Å². The molecule has 56 valence electrons. The zero-order valence-electron chi connectivity index (χ0n) is 6.34. The highest BCUT2D eigenvalue weighted by Crippen LogP contribution is 2.24. The molecule has 2 aliphatic rings. The SMILES string of the molecule is C1=CCC(CC2CN2)CC1. The summed E-state index contributed by atoms with van der Waals surface area (Å²) in [6.07, 6.45) is 10.2. The van der Waals surface area contributed by atoms with Gasteiger partial charge in [-0.1, -0.05) is 12.2 Å². The lowest BCUT2D eigenvalue weighted by Gasteiger charge is -2.16. The van der Waals surface area contributed by atoms with Gasteiger partial charge in [-0.25, -0.2) is 0 Å². The maximum atomic E-state index is 3.36. The smallest absolute Gasteiger partial charge is 0.0195 e. The van der Waals surface area contributed by atoms with E-state index in [-0.39, 0.29) is 0 Å². The van der Waals surface area contributed by atoms with E-state index in [4.69, 9.17) is 0 Å². The standard InChI is InChI=1S/C9H15N/c1-2-4-8(5-3-1)6-9-7-10-9/h1-2,8-10H,3-7H2. The van der Waals surface area contributed by atoms with Crippen LogP contribution in [0.1, 0.15) is 25.7 Å². The summed E-state index contributed by atoms with van der Waals surface area (Å²) in [6, 6.07) is 0.886. The van der Waals surface area contributed by atoms with E-state index < -0.39 is 0 Å². The summed E-state index contributed by atoms with van der Waals surface area (Å²) in [5, 5.41) is 3.36. The van der Waals surface area contributed by atoms with Gasteiger partial charge in [0.1, 0.15) is 0 Å². The lowest BCUT2D eigenvalue weighted by atomic mass is 9.90. The molecule has 1 heterocycles. The van der Waals surface area contributed by atoms with E-state index in [1.807, 2.05) is 0 Å². The fourth-order valence-electron chi connectivity index (χ4n) is 1.72. The topological polar surface area (TPSA) is 21.9 Å². The maximum Gasteiger partial charge on any atom is 0.0195 e. The van der Waals surface area contributed by atoms with E-state index in [0.29, 0.717) is 0 Å². The minimum atomic E-state index is 0.886. The van der Waals surface area contributed by atoms with Crippen LogP contribution < -0.4 is 5.32 Å². The Morgan fingerprint density at radius 2 is 2.30 bits per heavy atom. The Bertz CT molecular complexity index is 136. The van der Waals surface area contributed by atoms with Crippen LogP contribution >= 0.6 is 0 Å². The van der Waals surface area contributed by atoms with Gasteiger partial charge in [-0.2, -0.15) is 0 Å². The molecule has 2 unspecified atom stereocenters. The largest absolute Gasteiger partial charge is 0.311 e. The molecule has 0 aromatic heterocycles. The van der Waals surface area contributed by atoms with Gasteiger partial charge in [-0.15, -0.1) is 0 Å². The Hall–Kier alpha value is -0.300. The fourth-order valence-corrected chi connectivity index (χ4v) is 1.72. The van der Waals surface area contributed by atoms with Crippen LogP contribution in [0, 0.1) is 5.92 Å². The first-order valence-electron chi connectivity index (χ1n) is 4.33. The molecule has 0 spiro atoms. The zero-order chi connectivity index (χ0) is 6.81. The second-order valence-electron chi connectivity index (χ2n) is 3.49. The molecule has 0 saturated carbocycles. The summed E-state index contributed by atoms with van der Waals surface area (Å²) < 4.78 is 0. The van der Waals surface area contributed by atoms with Crippen molar-refractivity contribution in [2.75, 3.05) is 6.54 Å². The second-order valence-corrected chi connectivity index (χ2v) is 3.49. The quantitative estimate of drug-likeness (QED) is 0.454. The van der Waals surface area contributed by atoms with Crippen molar-refractivity contribution >= 4 is 0 Å². The van der Waals surface area contributed by atoms with Crippen LogP contribution in [-0.4, -0.2) is 12.6 Å². The normalized spacial score (nSPS) is 38.0. The molecular formula is C9H15N. The van der Waals surface area contributed by atoms with Crippen molar-refractivity contribution in [1.82, 2.24) is 5.32 Å². The number of nitrogens with one attached hydrogen (secondary N) is 1. The highest BCUT2D eigenvalue weighted by atomic mass is 15.1. The average Bonchev–Trinajstić information content (AvgIpc) is 2.74. The number of rotatable bonds is 2. The minimum Gasteiger partial charge on any atom is -0.311 e. The minimum absolute atomic E-state index is 0.886. The third-order valence-corrected chi connectivity index (χ3v) is 2.49. The van der Waals surface area contributed by atoms with Gasteiger partial charge < -0.3 is 5.32 Å². The van der Waals surface area contributed by atoms with Crippen LogP contribution in [0.15, 0.2) is 12.2 Å². The number of hydrogen-bond donors (Lipinski definition) is 1. The zero-order valence-corrected chi connectivity index (χ0v) is 6.34. The summed E-state index contributed by atoms with van der Waals surface area (Å²) in [6.45, 7) is 1.28. The van der Waals surface area contributed by atoms with Crippen molar-refractivity contribution in [2.45, 2.75) is 31.7 Å². The molecule has 0 aromatic rings. The molecule has 1 aliphatic carbocycles. The van der Waals surface area contributed by atoms with Crippen molar-refractivity contribution in [3.8, 4) is 0 Å². The molecule has 1 nitrogen and oxygen atoms in total. The molecule has 1 saturated heterocycles. The van der Waals surface area contributed by atoms with E-state index in [9.17, 15) is 0 Å². The Balaban J connectivity index is 1.75. The first-order chi connectivity index (χ1) is 4.95. The molecule has 0 aromatic carbocycles. The van der Waals surface area contributed by atoms with Crippen LogP contribution in [0.5, 0.6) is 0 Å². The number of hydrogen-bond acceptors (Lipinski definition) is 1. The van der Waals surface area contributed by atoms with E-state index in [1.165, 1.54) is 32.2 Å². The third-order valence-electron chi connectivity index (χ3n) is 2.49. The van der Waals surface area contributed by atoms with E-state index >= 15 is 0 Å². The van der Waals surface area contributed by atoms with Crippen LogP contribution in [0.3, 0.4) is 0 Å². The monoisotopic (exact) mass is 137 g/mol. The van der Waals surface area contributed by atoms with E-state index in [0.717, 1.165) is 12.0 Å². The van der Waals surface area contributed by atoms with Gasteiger partial charge >= 0.3 is 0 Å². The molecule has 1 N–H and O–H groups in total. The van der Waals surface area contributed by atoms with Gasteiger partial charge in [-0.05, 0) is 31.6 Å². The van der Waals surface area contributed by atoms with Crippen LogP contribution in [0.2, 0.25) is 0 Å². The van der Waals surface area contributed by atoms with Crippen LogP contribution in [0.4, 0.5) is 0 Å². The Morgan fingerprint density at radius 1 is 1.40 bits per heavy atom. The predicted molar refractivity (Wildman–Crippen MR) is 42.9 cm³/mol. The third kappa shape index (κ3) is 1.60. The molecule has 1 fully saturated rings. The molecule has 0 bridgehead atoms. The van der Waals surface area contributed by atoms with Crippen molar-refractivity contribution < 1.29 is 0 Å². The molecule has 1 aliphatic heterocycles. The lowest BCUT2D eigenvalue weighted by molar-refractivity contribution is 0.443. The maximum absolute atomic E-state index is 3.36. The van der Waals surface area contributed by atoms with Gasteiger partial charge in [0.2, 0.25) is 0 Å². The molecular weight excluding hydrogens is 122 g/mol. The summed E-state index contributed by atoms with van der Waals surface area (Å²) in [5.41, 5.74) is 0. The summed E-state index contributed by atoms with van der Waals surface area (Å²) in [4.78, 5) is 0. The molecule has 10 heavy (non-hydrogen) atoms. The highest BCUT2D eigenvalue weighted by molar-refractivity contribution is 4.94. The van der Waals surface area contributed by atoms with Crippen molar-refractivity contribution in [1.29, 1.82) is 0 Å².